The molecule has 4 heteroatoms. The monoisotopic (exact) mass is 195 g/mol. The summed E-state index contributed by atoms with van der Waals surface area (Å²) in [5.74, 6) is 0. The second kappa shape index (κ2) is 16.1. The van der Waals surface area contributed by atoms with Gasteiger partial charge in [0.15, 0.2) is 0 Å². The molecule has 0 saturated heterocycles. The van der Waals surface area contributed by atoms with E-state index in [9.17, 15) is 0 Å². The standard InChI is InChI=1S/C2H6S.2ClH.Cu/c1-3-2;;;/h1-2H3;2*1H;/q;;;+2/p-2. The first-order valence-electron chi connectivity index (χ1n) is 1.04. The van der Waals surface area contributed by atoms with Crippen LogP contribution in [0.2, 0.25) is 0 Å². The number of thioether (sulfide) groups is 1. The Hall–Kier alpha value is 1.45. The van der Waals surface area contributed by atoms with E-state index in [0.717, 1.165) is 13.1 Å². The van der Waals surface area contributed by atoms with Crippen molar-refractivity contribution in [2.24, 2.45) is 0 Å². The molecule has 0 aromatic carbocycles. The van der Waals surface area contributed by atoms with Gasteiger partial charge in [-0.3, -0.25) is 0 Å². The normalized spacial score (nSPS) is 6.67. The Morgan fingerprint density at radius 1 is 1.33 bits per heavy atom. The van der Waals surface area contributed by atoms with Crippen molar-refractivity contribution in [2.45, 2.75) is 0 Å². The minimum atomic E-state index is 0.757. The summed E-state index contributed by atoms with van der Waals surface area (Å²) in [5.41, 5.74) is 0. The third-order valence-electron chi connectivity index (χ3n) is 0. The molecule has 45 valence electrons. The summed E-state index contributed by atoms with van der Waals surface area (Å²) in [6, 6.07) is 0. The first kappa shape index (κ1) is 10.4. The van der Waals surface area contributed by atoms with Crippen LogP contribution in [0, 0.1) is 0 Å². The molecule has 6 heavy (non-hydrogen) atoms. The average molecular weight is 197 g/mol. The van der Waals surface area contributed by atoms with Crippen LogP contribution < -0.4 is 0 Å². The van der Waals surface area contributed by atoms with Gasteiger partial charge in [-0.15, -0.1) is 0 Å². The Balaban J connectivity index is 0. The van der Waals surface area contributed by atoms with Crippen LogP contribution in [0.15, 0.2) is 0 Å². The Labute approximate surface area is 57.6 Å². The minimum absolute atomic E-state index is 0.757. The van der Waals surface area contributed by atoms with Crippen LogP contribution in [0.1, 0.15) is 0 Å². The van der Waals surface area contributed by atoms with Crippen molar-refractivity contribution in [1.82, 2.24) is 0 Å². The van der Waals surface area contributed by atoms with Crippen LogP contribution in [-0.4, -0.2) is 12.5 Å². The van der Waals surface area contributed by atoms with Crippen molar-refractivity contribution in [1.29, 1.82) is 0 Å². The molecule has 0 saturated carbocycles. The van der Waals surface area contributed by atoms with Crippen molar-refractivity contribution < 1.29 is 13.1 Å². The molecule has 0 unspecified atom stereocenters. The molecule has 0 fully saturated rings. The van der Waals surface area contributed by atoms with E-state index in [1.54, 1.807) is 11.8 Å². The zero-order chi connectivity index (χ0) is 5.41. The average Bonchev–Trinajstić information content (AvgIpc) is 1.39. The fourth-order valence-corrected chi connectivity index (χ4v) is 0. The van der Waals surface area contributed by atoms with Crippen LogP contribution in [-0.2, 0) is 13.1 Å². The number of hydrogen-bond donors (Lipinski definition) is 0. The molecule has 0 bridgehead atoms. The first-order chi connectivity index (χ1) is 2.83. The second-order valence-electron chi connectivity index (χ2n) is 0.451. The molecule has 0 aliphatic carbocycles. The molecular formula is C2H6Cl2CuS. The second-order valence-corrected chi connectivity index (χ2v) is 2.82. The van der Waals surface area contributed by atoms with E-state index in [2.05, 4.69) is 20.2 Å². The van der Waals surface area contributed by atoms with Gasteiger partial charge in [0.1, 0.15) is 0 Å². The predicted molar refractivity (Wildman–Crippen MR) is 31.1 cm³/mol. The van der Waals surface area contributed by atoms with Gasteiger partial charge in [0.25, 0.3) is 0 Å². The Kier molecular flexibility index (Phi) is 28.0. The quantitative estimate of drug-likeness (QED) is 0.536. The summed E-state index contributed by atoms with van der Waals surface area (Å²) >= 11 is 2.51. The van der Waals surface area contributed by atoms with Crippen LogP contribution in [0.5, 0.6) is 0 Å². The molecular weight excluding hydrogens is 191 g/mol. The van der Waals surface area contributed by atoms with Crippen LogP contribution in [0.25, 0.3) is 0 Å². The molecule has 0 atom stereocenters. The summed E-state index contributed by atoms with van der Waals surface area (Å²) in [7, 11) is 9.34. The molecule has 0 radical (unpaired) electrons. The summed E-state index contributed by atoms with van der Waals surface area (Å²) in [6.45, 7) is 0. The van der Waals surface area contributed by atoms with Crippen molar-refractivity contribution >= 4 is 32.0 Å². The van der Waals surface area contributed by atoms with Gasteiger partial charge in [-0.05, 0) is 12.5 Å². The molecule has 0 aromatic heterocycles. The van der Waals surface area contributed by atoms with E-state index in [0.29, 0.717) is 0 Å². The van der Waals surface area contributed by atoms with Gasteiger partial charge >= 0.3 is 33.3 Å². The van der Waals surface area contributed by atoms with Gasteiger partial charge in [0, 0.05) is 0 Å². The van der Waals surface area contributed by atoms with E-state index in [4.69, 9.17) is 0 Å². The molecule has 0 N–H and O–H groups in total. The Morgan fingerprint density at radius 2 is 1.33 bits per heavy atom. The maximum atomic E-state index is 4.67. The van der Waals surface area contributed by atoms with Crippen molar-refractivity contribution in [3.8, 4) is 0 Å². The van der Waals surface area contributed by atoms with Crippen LogP contribution in [0.4, 0.5) is 0 Å². The summed E-state index contributed by atoms with van der Waals surface area (Å²) in [5, 5.41) is 0. The Morgan fingerprint density at radius 3 is 1.33 bits per heavy atom. The van der Waals surface area contributed by atoms with Crippen LogP contribution >= 0.6 is 32.0 Å². The molecule has 0 rings (SSSR count). The fourth-order valence-electron chi connectivity index (χ4n) is 0. The molecule has 0 aliphatic rings. The number of halogens is 2. The van der Waals surface area contributed by atoms with E-state index in [1.807, 2.05) is 12.5 Å². The molecule has 0 aliphatic heterocycles. The van der Waals surface area contributed by atoms with Gasteiger partial charge in [0.05, 0.1) is 0 Å². The molecule has 0 amide bonds. The predicted octanol–water partition coefficient (Wildman–Crippen LogP) is 2.36. The topological polar surface area (TPSA) is 0 Å². The zero-order valence-electron chi connectivity index (χ0n) is 3.47. The number of rotatable bonds is 0. The van der Waals surface area contributed by atoms with Crippen LogP contribution in [0.3, 0.4) is 0 Å². The van der Waals surface area contributed by atoms with E-state index >= 15 is 0 Å². The summed E-state index contributed by atoms with van der Waals surface area (Å²) in [4.78, 5) is 0. The molecule has 0 aromatic rings. The third-order valence-corrected chi connectivity index (χ3v) is 0. The van der Waals surface area contributed by atoms with Crippen molar-refractivity contribution in [3.63, 3.8) is 0 Å². The van der Waals surface area contributed by atoms with Gasteiger partial charge in [-0.25, -0.2) is 0 Å². The maximum absolute atomic E-state index is 4.67. The van der Waals surface area contributed by atoms with Crippen molar-refractivity contribution in [3.05, 3.63) is 0 Å². The van der Waals surface area contributed by atoms with Crippen molar-refractivity contribution in [2.75, 3.05) is 12.5 Å². The molecule has 0 nitrogen and oxygen atoms in total. The molecule has 0 spiro atoms. The van der Waals surface area contributed by atoms with Gasteiger partial charge in [-0.1, -0.05) is 0 Å². The first-order valence-corrected chi connectivity index (χ1v) is 5.27. The Bertz CT molecular complexity index is 13.5. The van der Waals surface area contributed by atoms with E-state index in [1.165, 1.54) is 0 Å². The summed E-state index contributed by atoms with van der Waals surface area (Å²) in [6.07, 6.45) is 4.08. The SMILES string of the molecule is CSC.[Cl][Cu][Cl]. The van der Waals surface area contributed by atoms with Gasteiger partial charge in [0.2, 0.25) is 0 Å². The van der Waals surface area contributed by atoms with Gasteiger partial charge < -0.3 is 0 Å². The third kappa shape index (κ3) is 51.4. The fraction of sp³-hybridized carbons (Fsp3) is 1.00. The molecule has 0 heterocycles. The summed E-state index contributed by atoms with van der Waals surface area (Å²) < 4.78 is 0. The van der Waals surface area contributed by atoms with E-state index in [-0.39, 0.29) is 0 Å². The number of hydrogen-bond acceptors (Lipinski definition) is 1. The zero-order valence-corrected chi connectivity index (χ0v) is 6.74. The van der Waals surface area contributed by atoms with Gasteiger partial charge in [-0.2, -0.15) is 11.8 Å². The van der Waals surface area contributed by atoms with E-state index < -0.39 is 0 Å².